The largest absolute Gasteiger partial charge is 0.458 e. The molecule has 0 atom stereocenters. The average molecular weight is 735 g/mol. The molecular formula is C51H51BN2O2. The summed E-state index contributed by atoms with van der Waals surface area (Å²) in [4.78, 5) is 5.27. The molecule has 2 aliphatic heterocycles. The topological polar surface area (TPSA) is 36.3 Å². The van der Waals surface area contributed by atoms with E-state index in [0.717, 1.165) is 62.0 Å². The van der Waals surface area contributed by atoms with E-state index >= 15 is 0 Å². The first-order valence-electron chi connectivity index (χ1n) is 20.2. The SMILES string of the molecule is CC(C)c1cccc(C(C)C)c1-n1c(-c2ccc(-c3cc4c5c(c3)Oc3ccc(C(C)(C)C)cc3B5c3cc(C(C)(C)C)ccc3O4)cc2)nc2ccccc21. The molecule has 0 fully saturated rings. The molecule has 7 aromatic rings. The number of hydrogen-bond acceptors (Lipinski definition) is 3. The Hall–Kier alpha value is -5.55. The van der Waals surface area contributed by atoms with Gasteiger partial charge in [-0.1, -0.05) is 148 Å². The van der Waals surface area contributed by atoms with Crippen LogP contribution in [0.25, 0.3) is 39.2 Å². The number of rotatable bonds is 5. The fraction of sp³-hybridized carbons (Fsp3) is 0.275. The van der Waals surface area contributed by atoms with Gasteiger partial charge >= 0.3 is 0 Å². The summed E-state index contributed by atoms with van der Waals surface area (Å²) in [5.41, 5.74) is 15.3. The lowest BCUT2D eigenvalue weighted by molar-refractivity contribution is 0.464. The van der Waals surface area contributed by atoms with Crippen molar-refractivity contribution in [3.05, 3.63) is 138 Å². The molecule has 6 aromatic carbocycles. The monoisotopic (exact) mass is 734 g/mol. The number of fused-ring (bicyclic) bond motifs is 5. The van der Waals surface area contributed by atoms with E-state index in [9.17, 15) is 0 Å². The minimum absolute atomic E-state index is 0.00552. The van der Waals surface area contributed by atoms with Crippen LogP contribution in [0.15, 0.2) is 115 Å². The van der Waals surface area contributed by atoms with Gasteiger partial charge in [0.15, 0.2) is 0 Å². The Bertz CT molecular complexity index is 2550. The Morgan fingerprint density at radius 1 is 0.536 bits per heavy atom. The molecular weight excluding hydrogens is 683 g/mol. The van der Waals surface area contributed by atoms with Crippen LogP contribution in [-0.4, -0.2) is 16.3 Å². The van der Waals surface area contributed by atoms with Crippen molar-refractivity contribution in [2.45, 2.75) is 91.9 Å². The molecule has 0 saturated carbocycles. The van der Waals surface area contributed by atoms with E-state index < -0.39 is 0 Å². The highest BCUT2D eigenvalue weighted by Gasteiger charge is 2.41. The maximum Gasteiger partial charge on any atom is 0.260 e. The van der Waals surface area contributed by atoms with Gasteiger partial charge in [-0.05, 0) is 103 Å². The van der Waals surface area contributed by atoms with Crippen molar-refractivity contribution in [3.63, 3.8) is 0 Å². The molecule has 0 N–H and O–H groups in total. The first-order valence-corrected chi connectivity index (χ1v) is 20.2. The molecule has 3 heterocycles. The lowest BCUT2D eigenvalue weighted by atomic mass is 9.34. The Morgan fingerprint density at radius 2 is 1.05 bits per heavy atom. The number of hydrogen-bond donors (Lipinski definition) is 0. The summed E-state index contributed by atoms with van der Waals surface area (Å²) in [6.45, 7) is 22.8. The molecule has 4 nitrogen and oxygen atoms in total. The summed E-state index contributed by atoms with van der Waals surface area (Å²) in [6.07, 6.45) is 0. The van der Waals surface area contributed by atoms with Gasteiger partial charge in [-0.25, -0.2) is 4.98 Å². The van der Waals surface area contributed by atoms with E-state index in [1.54, 1.807) is 0 Å². The van der Waals surface area contributed by atoms with Crippen LogP contribution in [0, 0.1) is 0 Å². The van der Waals surface area contributed by atoms with Gasteiger partial charge in [0.25, 0.3) is 6.71 Å². The van der Waals surface area contributed by atoms with Crippen LogP contribution in [0.1, 0.15) is 103 Å². The third-order valence-electron chi connectivity index (χ3n) is 11.8. The van der Waals surface area contributed by atoms with Gasteiger partial charge < -0.3 is 9.47 Å². The van der Waals surface area contributed by atoms with Crippen LogP contribution < -0.4 is 25.9 Å². The van der Waals surface area contributed by atoms with Crippen molar-refractivity contribution < 1.29 is 9.47 Å². The molecule has 280 valence electrons. The molecule has 0 amide bonds. The van der Waals surface area contributed by atoms with E-state index in [2.05, 4.69) is 189 Å². The highest BCUT2D eigenvalue weighted by Crippen LogP contribution is 2.41. The second-order valence-electron chi connectivity index (χ2n) is 18.5. The van der Waals surface area contributed by atoms with Gasteiger partial charge in [-0.15, -0.1) is 0 Å². The van der Waals surface area contributed by atoms with Crippen LogP contribution in [-0.2, 0) is 10.8 Å². The summed E-state index contributed by atoms with van der Waals surface area (Å²) in [7, 11) is 0. The van der Waals surface area contributed by atoms with E-state index in [1.165, 1.54) is 38.9 Å². The van der Waals surface area contributed by atoms with Crippen molar-refractivity contribution in [1.82, 2.24) is 9.55 Å². The maximum absolute atomic E-state index is 6.83. The Labute approximate surface area is 332 Å². The minimum atomic E-state index is 0.00552. The summed E-state index contributed by atoms with van der Waals surface area (Å²) in [6, 6.07) is 42.0. The first kappa shape index (κ1) is 36.1. The standard InChI is InChI=1S/C51H51BN2O2/c1-30(2)37-14-13-15-38(31(3)4)48(37)54-42-17-12-11-16-41(42)53-49(54)33-20-18-32(19-21-33)34-26-45-47-46(27-34)56-44-25-23-36(51(8,9)10)29-40(44)52(47)39-28-35(50(5,6)7)22-24-43(39)55-45/h11-31H,1-10H3. The molecule has 0 bridgehead atoms. The van der Waals surface area contributed by atoms with Crippen LogP contribution in [0.4, 0.5) is 0 Å². The van der Waals surface area contributed by atoms with Crippen molar-refractivity contribution in [2.75, 3.05) is 0 Å². The molecule has 5 heteroatoms. The number of benzene rings is 6. The van der Waals surface area contributed by atoms with E-state index in [-0.39, 0.29) is 17.5 Å². The molecule has 0 spiro atoms. The predicted molar refractivity (Wildman–Crippen MR) is 235 cm³/mol. The van der Waals surface area contributed by atoms with Gasteiger partial charge in [0, 0.05) is 11.0 Å². The maximum atomic E-state index is 6.83. The average Bonchev–Trinajstić information content (AvgIpc) is 3.55. The predicted octanol–water partition coefficient (Wildman–Crippen LogP) is 11.9. The molecule has 0 radical (unpaired) electrons. The van der Waals surface area contributed by atoms with Crippen LogP contribution in [0.2, 0.25) is 0 Å². The van der Waals surface area contributed by atoms with Gasteiger partial charge in [-0.3, -0.25) is 4.57 Å². The second kappa shape index (κ2) is 13.0. The number of nitrogens with zero attached hydrogens (tertiary/aromatic N) is 2. The number of aromatic nitrogens is 2. The number of para-hydroxylation sites is 3. The molecule has 0 unspecified atom stereocenters. The van der Waals surface area contributed by atoms with Gasteiger partial charge in [0.2, 0.25) is 0 Å². The minimum Gasteiger partial charge on any atom is -0.458 e. The molecule has 0 saturated heterocycles. The van der Waals surface area contributed by atoms with E-state index in [4.69, 9.17) is 14.5 Å². The summed E-state index contributed by atoms with van der Waals surface area (Å²) < 4.78 is 16.0. The number of imidazole rings is 1. The fourth-order valence-corrected chi connectivity index (χ4v) is 8.63. The Kier molecular flexibility index (Phi) is 8.39. The molecule has 0 aliphatic carbocycles. The van der Waals surface area contributed by atoms with Crippen molar-refractivity contribution in [1.29, 1.82) is 0 Å². The number of ether oxygens (including phenoxy) is 2. The first-order chi connectivity index (χ1) is 26.7. The van der Waals surface area contributed by atoms with Crippen molar-refractivity contribution in [2.24, 2.45) is 0 Å². The van der Waals surface area contributed by atoms with Crippen LogP contribution in [0.3, 0.4) is 0 Å². The Morgan fingerprint density at radius 3 is 1.57 bits per heavy atom. The van der Waals surface area contributed by atoms with Gasteiger partial charge in [0.05, 0.1) is 16.7 Å². The lowest BCUT2D eigenvalue weighted by Gasteiger charge is -2.35. The highest BCUT2D eigenvalue weighted by atomic mass is 16.5. The molecule has 9 rings (SSSR count). The van der Waals surface area contributed by atoms with Gasteiger partial charge in [0.1, 0.15) is 28.8 Å². The van der Waals surface area contributed by atoms with Crippen molar-refractivity contribution >= 4 is 34.1 Å². The second-order valence-corrected chi connectivity index (χ2v) is 18.5. The third-order valence-corrected chi connectivity index (χ3v) is 11.8. The Balaban J connectivity index is 1.17. The zero-order chi connectivity index (χ0) is 39.3. The molecule has 2 aliphatic rings. The van der Waals surface area contributed by atoms with Crippen molar-refractivity contribution in [3.8, 4) is 51.2 Å². The quantitative estimate of drug-likeness (QED) is 0.165. The normalized spacial score (nSPS) is 13.4. The lowest BCUT2D eigenvalue weighted by Crippen LogP contribution is -2.57. The van der Waals surface area contributed by atoms with E-state index in [0.29, 0.717) is 11.8 Å². The molecule has 1 aromatic heterocycles. The molecule has 56 heavy (non-hydrogen) atoms. The highest BCUT2D eigenvalue weighted by molar-refractivity contribution is 6.98. The van der Waals surface area contributed by atoms with Crippen LogP contribution >= 0.6 is 0 Å². The fourth-order valence-electron chi connectivity index (χ4n) is 8.63. The third kappa shape index (κ3) is 5.95. The summed E-state index contributed by atoms with van der Waals surface area (Å²) in [5, 5.41) is 0. The summed E-state index contributed by atoms with van der Waals surface area (Å²) in [5.74, 6) is 5.17. The summed E-state index contributed by atoms with van der Waals surface area (Å²) >= 11 is 0. The smallest absolute Gasteiger partial charge is 0.260 e. The zero-order valence-corrected chi connectivity index (χ0v) is 34.4. The van der Waals surface area contributed by atoms with E-state index in [1.807, 2.05) is 0 Å². The van der Waals surface area contributed by atoms with Crippen LogP contribution in [0.5, 0.6) is 23.0 Å². The zero-order valence-electron chi connectivity index (χ0n) is 34.4. The van der Waals surface area contributed by atoms with Gasteiger partial charge in [-0.2, -0.15) is 0 Å².